The van der Waals surface area contributed by atoms with E-state index < -0.39 is 0 Å². The summed E-state index contributed by atoms with van der Waals surface area (Å²) in [6.07, 6.45) is 8.54. The molecule has 0 saturated carbocycles. The Morgan fingerprint density at radius 2 is 2.00 bits per heavy atom. The average Bonchev–Trinajstić information content (AvgIpc) is 2.64. The summed E-state index contributed by atoms with van der Waals surface area (Å²) in [5.41, 5.74) is 0. The van der Waals surface area contributed by atoms with Gasteiger partial charge in [0.1, 0.15) is 0 Å². The van der Waals surface area contributed by atoms with Gasteiger partial charge in [0.05, 0.1) is 12.6 Å². The largest absolute Gasteiger partial charge is 0.394 e. The lowest BCUT2D eigenvalue weighted by Crippen LogP contribution is -2.45. The summed E-state index contributed by atoms with van der Waals surface area (Å²) in [4.78, 5) is 14.3. The van der Waals surface area contributed by atoms with Crippen LogP contribution >= 0.6 is 0 Å². The molecule has 2 atom stereocenters. The lowest BCUT2D eigenvalue weighted by atomic mass is 10.0. The van der Waals surface area contributed by atoms with Crippen molar-refractivity contribution < 1.29 is 9.90 Å². The van der Waals surface area contributed by atoms with Crippen molar-refractivity contribution in [3.05, 3.63) is 0 Å². The van der Waals surface area contributed by atoms with Crippen molar-refractivity contribution in [2.24, 2.45) is 0 Å². The Labute approximate surface area is 110 Å². The van der Waals surface area contributed by atoms with E-state index in [0.717, 1.165) is 38.8 Å². The standard InChI is InChI=1S/C14H26N2O2/c17-11-13-7-2-1-5-9-16(13)14(18)10-12-6-3-4-8-15-12/h12-13,15,17H,1-11H2. The molecule has 2 heterocycles. The van der Waals surface area contributed by atoms with Gasteiger partial charge < -0.3 is 15.3 Å². The number of carbonyl (C=O) groups excluding carboxylic acids is 1. The van der Waals surface area contributed by atoms with Crippen LogP contribution in [0.5, 0.6) is 0 Å². The van der Waals surface area contributed by atoms with Crippen molar-refractivity contribution in [2.75, 3.05) is 19.7 Å². The van der Waals surface area contributed by atoms with Crippen molar-refractivity contribution in [3.8, 4) is 0 Å². The third-order valence-electron chi connectivity index (χ3n) is 4.24. The molecule has 2 N–H and O–H groups in total. The zero-order valence-corrected chi connectivity index (χ0v) is 11.2. The molecule has 2 aliphatic heterocycles. The number of nitrogens with one attached hydrogen (secondary N) is 1. The molecule has 18 heavy (non-hydrogen) atoms. The number of hydrogen-bond acceptors (Lipinski definition) is 3. The van der Waals surface area contributed by atoms with E-state index in [9.17, 15) is 9.90 Å². The Bertz CT molecular complexity index is 265. The number of carbonyl (C=O) groups is 1. The van der Waals surface area contributed by atoms with Crippen molar-refractivity contribution in [2.45, 2.75) is 63.5 Å². The van der Waals surface area contributed by atoms with Gasteiger partial charge in [-0.15, -0.1) is 0 Å². The minimum absolute atomic E-state index is 0.0589. The molecular formula is C14H26N2O2. The minimum atomic E-state index is 0.0589. The highest BCUT2D eigenvalue weighted by molar-refractivity contribution is 5.77. The van der Waals surface area contributed by atoms with E-state index in [4.69, 9.17) is 0 Å². The molecular weight excluding hydrogens is 228 g/mol. The first-order chi connectivity index (χ1) is 8.81. The predicted octanol–water partition coefficient (Wildman–Crippen LogP) is 1.28. The van der Waals surface area contributed by atoms with Gasteiger partial charge in [-0.3, -0.25) is 4.79 Å². The molecule has 0 spiro atoms. The topological polar surface area (TPSA) is 52.6 Å². The number of rotatable bonds is 3. The Morgan fingerprint density at radius 1 is 1.17 bits per heavy atom. The SMILES string of the molecule is O=C(CC1CCCCN1)N1CCCCCC1CO. The number of piperidine rings is 1. The summed E-state index contributed by atoms with van der Waals surface area (Å²) >= 11 is 0. The monoisotopic (exact) mass is 254 g/mol. The van der Waals surface area contributed by atoms with E-state index in [0.29, 0.717) is 12.5 Å². The van der Waals surface area contributed by atoms with Crippen molar-refractivity contribution >= 4 is 5.91 Å². The van der Waals surface area contributed by atoms with Gasteiger partial charge in [-0.25, -0.2) is 0 Å². The van der Waals surface area contributed by atoms with E-state index in [-0.39, 0.29) is 18.6 Å². The number of hydrogen-bond donors (Lipinski definition) is 2. The molecule has 0 aliphatic carbocycles. The van der Waals surface area contributed by atoms with Crippen LogP contribution in [-0.2, 0) is 4.79 Å². The number of nitrogens with zero attached hydrogens (tertiary/aromatic N) is 1. The third-order valence-corrected chi connectivity index (χ3v) is 4.24. The van der Waals surface area contributed by atoms with E-state index in [1.54, 1.807) is 0 Å². The van der Waals surface area contributed by atoms with Gasteiger partial charge in [0.25, 0.3) is 0 Å². The molecule has 2 fully saturated rings. The molecule has 4 nitrogen and oxygen atoms in total. The Balaban J connectivity index is 1.88. The van der Waals surface area contributed by atoms with Gasteiger partial charge in [-0.1, -0.05) is 19.3 Å². The smallest absolute Gasteiger partial charge is 0.224 e. The quantitative estimate of drug-likeness (QED) is 0.798. The molecule has 4 heteroatoms. The third kappa shape index (κ3) is 3.69. The molecule has 0 bridgehead atoms. The molecule has 2 unspecified atom stereocenters. The Kier molecular flexibility index (Phi) is 5.45. The second-order valence-electron chi connectivity index (χ2n) is 5.62. The van der Waals surface area contributed by atoms with Crippen LogP contribution < -0.4 is 5.32 Å². The van der Waals surface area contributed by atoms with Crippen LogP contribution in [0.25, 0.3) is 0 Å². The van der Waals surface area contributed by atoms with E-state index >= 15 is 0 Å². The summed E-state index contributed by atoms with van der Waals surface area (Å²) in [5, 5.41) is 12.9. The van der Waals surface area contributed by atoms with Crippen molar-refractivity contribution in [1.29, 1.82) is 0 Å². The van der Waals surface area contributed by atoms with E-state index in [1.807, 2.05) is 4.90 Å². The molecule has 2 aliphatic rings. The van der Waals surface area contributed by atoms with Crippen molar-refractivity contribution in [3.63, 3.8) is 0 Å². The zero-order chi connectivity index (χ0) is 12.8. The van der Waals surface area contributed by atoms with Crippen LogP contribution in [0.4, 0.5) is 0 Å². The molecule has 0 aromatic carbocycles. The number of likely N-dealkylation sites (tertiary alicyclic amines) is 1. The van der Waals surface area contributed by atoms with Crippen LogP contribution in [-0.4, -0.2) is 47.7 Å². The first-order valence-corrected chi connectivity index (χ1v) is 7.45. The highest BCUT2D eigenvalue weighted by Crippen LogP contribution is 2.19. The first-order valence-electron chi connectivity index (χ1n) is 7.45. The van der Waals surface area contributed by atoms with Gasteiger partial charge in [0.2, 0.25) is 5.91 Å². The van der Waals surface area contributed by atoms with Gasteiger partial charge in [0.15, 0.2) is 0 Å². The van der Waals surface area contributed by atoms with Gasteiger partial charge in [0, 0.05) is 19.0 Å². The molecule has 0 radical (unpaired) electrons. The van der Waals surface area contributed by atoms with Crippen LogP contribution in [0.3, 0.4) is 0 Å². The molecule has 104 valence electrons. The average molecular weight is 254 g/mol. The lowest BCUT2D eigenvalue weighted by Gasteiger charge is -2.31. The maximum absolute atomic E-state index is 12.4. The van der Waals surface area contributed by atoms with Crippen molar-refractivity contribution in [1.82, 2.24) is 10.2 Å². The number of aliphatic hydroxyl groups is 1. The summed E-state index contributed by atoms with van der Waals surface area (Å²) in [5.74, 6) is 0.232. The molecule has 2 rings (SSSR count). The van der Waals surface area contributed by atoms with Gasteiger partial charge in [-0.05, 0) is 32.2 Å². The number of amides is 1. The van der Waals surface area contributed by atoms with Crippen LogP contribution in [0, 0.1) is 0 Å². The Hall–Kier alpha value is -0.610. The summed E-state index contributed by atoms with van der Waals surface area (Å²) in [6, 6.07) is 0.414. The summed E-state index contributed by atoms with van der Waals surface area (Å²) in [6.45, 7) is 1.99. The fraction of sp³-hybridized carbons (Fsp3) is 0.929. The maximum Gasteiger partial charge on any atom is 0.224 e. The highest BCUT2D eigenvalue weighted by atomic mass is 16.3. The first kappa shape index (κ1) is 13.8. The predicted molar refractivity (Wildman–Crippen MR) is 71.3 cm³/mol. The molecule has 0 aromatic rings. The van der Waals surface area contributed by atoms with E-state index in [2.05, 4.69) is 5.32 Å². The van der Waals surface area contributed by atoms with Crippen LogP contribution in [0.1, 0.15) is 51.4 Å². The van der Waals surface area contributed by atoms with Gasteiger partial charge >= 0.3 is 0 Å². The van der Waals surface area contributed by atoms with Crippen LogP contribution in [0.2, 0.25) is 0 Å². The number of aliphatic hydroxyl groups excluding tert-OH is 1. The summed E-state index contributed by atoms with van der Waals surface area (Å²) in [7, 11) is 0. The second kappa shape index (κ2) is 7.10. The normalized spacial score (nSPS) is 29.9. The molecule has 2 saturated heterocycles. The Morgan fingerprint density at radius 3 is 2.72 bits per heavy atom. The lowest BCUT2D eigenvalue weighted by molar-refractivity contribution is -0.135. The zero-order valence-electron chi connectivity index (χ0n) is 11.2. The second-order valence-corrected chi connectivity index (χ2v) is 5.62. The molecule has 1 amide bonds. The molecule has 0 aromatic heterocycles. The maximum atomic E-state index is 12.4. The minimum Gasteiger partial charge on any atom is -0.394 e. The van der Waals surface area contributed by atoms with E-state index in [1.165, 1.54) is 19.3 Å². The van der Waals surface area contributed by atoms with Gasteiger partial charge in [-0.2, -0.15) is 0 Å². The highest BCUT2D eigenvalue weighted by Gasteiger charge is 2.27. The van der Waals surface area contributed by atoms with Crippen LogP contribution in [0.15, 0.2) is 0 Å². The summed E-state index contributed by atoms with van der Waals surface area (Å²) < 4.78 is 0. The fourth-order valence-electron chi connectivity index (χ4n) is 3.12. The fourth-order valence-corrected chi connectivity index (χ4v) is 3.12.